The van der Waals surface area contributed by atoms with E-state index in [1.807, 2.05) is 18.2 Å². The third-order valence-corrected chi connectivity index (χ3v) is 2.24. The Morgan fingerprint density at radius 2 is 1.82 bits per heavy atom. The van der Waals surface area contributed by atoms with Crippen molar-refractivity contribution in [2.24, 2.45) is 0 Å². The van der Waals surface area contributed by atoms with Crippen molar-refractivity contribution < 1.29 is 4.74 Å². The fourth-order valence-corrected chi connectivity index (χ4v) is 1.58. The molecule has 0 radical (unpaired) electrons. The number of rotatable bonds is 3. The average molecular weight is 271 g/mol. The Bertz CT molecular complexity index is 515. The SMILES string of the molecule is COc1cccc(Nc2nc(Cl)nc(Cl)n2)c1. The van der Waals surface area contributed by atoms with Gasteiger partial charge in [0, 0.05) is 11.8 Å². The molecule has 1 heterocycles. The molecule has 0 saturated carbocycles. The van der Waals surface area contributed by atoms with Crippen molar-refractivity contribution in [3.05, 3.63) is 34.8 Å². The van der Waals surface area contributed by atoms with Crippen LogP contribution < -0.4 is 10.1 Å². The van der Waals surface area contributed by atoms with Gasteiger partial charge in [0.15, 0.2) is 0 Å². The van der Waals surface area contributed by atoms with Crippen molar-refractivity contribution in [2.75, 3.05) is 12.4 Å². The molecule has 0 saturated heterocycles. The third kappa shape index (κ3) is 3.18. The van der Waals surface area contributed by atoms with E-state index >= 15 is 0 Å². The van der Waals surface area contributed by atoms with Crippen molar-refractivity contribution in [1.82, 2.24) is 15.0 Å². The molecular weight excluding hydrogens is 263 g/mol. The van der Waals surface area contributed by atoms with Crippen LogP contribution in [0.3, 0.4) is 0 Å². The van der Waals surface area contributed by atoms with Crippen molar-refractivity contribution >= 4 is 34.8 Å². The molecule has 0 aliphatic rings. The van der Waals surface area contributed by atoms with E-state index in [2.05, 4.69) is 20.3 Å². The standard InChI is InChI=1S/C10H8Cl2N4O/c1-17-7-4-2-3-6(5-7)13-10-15-8(11)14-9(12)16-10/h2-5H,1H3,(H,13,14,15,16). The number of hydrogen-bond acceptors (Lipinski definition) is 5. The van der Waals surface area contributed by atoms with Gasteiger partial charge in [0.05, 0.1) is 7.11 Å². The lowest BCUT2D eigenvalue weighted by Crippen LogP contribution is -1.99. The largest absolute Gasteiger partial charge is 0.497 e. The van der Waals surface area contributed by atoms with Crippen LogP contribution in [0.15, 0.2) is 24.3 Å². The molecule has 7 heteroatoms. The summed E-state index contributed by atoms with van der Waals surface area (Å²) >= 11 is 11.3. The van der Waals surface area contributed by atoms with Gasteiger partial charge >= 0.3 is 0 Å². The monoisotopic (exact) mass is 270 g/mol. The van der Waals surface area contributed by atoms with Crippen LogP contribution in [-0.2, 0) is 0 Å². The van der Waals surface area contributed by atoms with E-state index in [1.54, 1.807) is 13.2 Å². The van der Waals surface area contributed by atoms with E-state index in [4.69, 9.17) is 27.9 Å². The van der Waals surface area contributed by atoms with Crippen molar-refractivity contribution in [2.45, 2.75) is 0 Å². The maximum absolute atomic E-state index is 5.66. The first-order valence-corrected chi connectivity index (χ1v) is 5.41. The first-order chi connectivity index (χ1) is 8.17. The highest BCUT2D eigenvalue weighted by Crippen LogP contribution is 2.20. The quantitative estimate of drug-likeness (QED) is 0.929. The van der Waals surface area contributed by atoms with E-state index in [0.29, 0.717) is 0 Å². The number of methoxy groups -OCH3 is 1. The van der Waals surface area contributed by atoms with Crippen LogP contribution in [0.4, 0.5) is 11.6 Å². The molecule has 1 N–H and O–H groups in total. The molecule has 0 fully saturated rings. The zero-order valence-corrected chi connectivity index (χ0v) is 10.3. The van der Waals surface area contributed by atoms with Gasteiger partial charge in [0.25, 0.3) is 0 Å². The summed E-state index contributed by atoms with van der Waals surface area (Å²) < 4.78 is 5.09. The van der Waals surface area contributed by atoms with Crippen molar-refractivity contribution in [1.29, 1.82) is 0 Å². The van der Waals surface area contributed by atoms with Gasteiger partial charge in [-0.15, -0.1) is 0 Å². The highest BCUT2D eigenvalue weighted by Gasteiger charge is 2.03. The Kier molecular flexibility index (Phi) is 3.61. The van der Waals surface area contributed by atoms with Gasteiger partial charge in [-0.2, -0.15) is 15.0 Å². The van der Waals surface area contributed by atoms with Crippen LogP contribution in [0, 0.1) is 0 Å². The number of anilines is 2. The van der Waals surface area contributed by atoms with Gasteiger partial charge in [-0.1, -0.05) is 6.07 Å². The van der Waals surface area contributed by atoms with Crippen LogP contribution in [-0.4, -0.2) is 22.1 Å². The summed E-state index contributed by atoms with van der Waals surface area (Å²) in [6, 6.07) is 7.31. The summed E-state index contributed by atoms with van der Waals surface area (Å²) in [6.45, 7) is 0. The number of nitrogens with one attached hydrogen (secondary N) is 1. The van der Waals surface area contributed by atoms with E-state index < -0.39 is 0 Å². The minimum absolute atomic E-state index is 0.0374. The molecule has 0 unspecified atom stereocenters. The van der Waals surface area contributed by atoms with E-state index in [0.717, 1.165) is 11.4 Å². The molecule has 0 aliphatic heterocycles. The van der Waals surface area contributed by atoms with Crippen molar-refractivity contribution in [3.8, 4) is 5.75 Å². The Balaban J connectivity index is 2.24. The summed E-state index contributed by atoms with van der Waals surface area (Å²) in [5.41, 5.74) is 0.766. The minimum atomic E-state index is 0.0374. The summed E-state index contributed by atoms with van der Waals surface area (Å²) in [5, 5.41) is 3.02. The molecule has 5 nitrogen and oxygen atoms in total. The lowest BCUT2D eigenvalue weighted by molar-refractivity contribution is 0.415. The highest BCUT2D eigenvalue weighted by molar-refractivity contribution is 6.31. The van der Waals surface area contributed by atoms with E-state index in [-0.39, 0.29) is 16.5 Å². The molecule has 88 valence electrons. The van der Waals surface area contributed by atoms with Gasteiger partial charge in [-0.25, -0.2) is 0 Å². The zero-order valence-electron chi connectivity index (χ0n) is 8.82. The lowest BCUT2D eigenvalue weighted by Gasteiger charge is -2.06. The predicted molar refractivity (Wildman–Crippen MR) is 66.1 cm³/mol. The molecule has 0 aliphatic carbocycles. The molecule has 0 spiro atoms. The zero-order chi connectivity index (χ0) is 12.3. The number of ether oxygens (including phenoxy) is 1. The van der Waals surface area contributed by atoms with Gasteiger partial charge < -0.3 is 10.1 Å². The number of halogens is 2. The molecule has 17 heavy (non-hydrogen) atoms. The second kappa shape index (κ2) is 5.16. The fraction of sp³-hybridized carbons (Fsp3) is 0.100. The van der Waals surface area contributed by atoms with E-state index in [9.17, 15) is 0 Å². The average Bonchev–Trinajstić information content (AvgIpc) is 2.28. The Labute approximate surface area is 108 Å². The summed E-state index contributed by atoms with van der Waals surface area (Å²) in [6.07, 6.45) is 0. The van der Waals surface area contributed by atoms with Gasteiger partial charge in [-0.05, 0) is 35.3 Å². The first kappa shape index (κ1) is 11.9. The molecule has 1 aromatic carbocycles. The van der Waals surface area contributed by atoms with E-state index in [1.165, 1.54) is 0 Å². The fourth-order valence-electron chi connectivity index (χ4n) is 1.21. The number of benzene rings is 1. The van der Waals surface area contributed by atoms with Gasteiger partial charge in [0.2, 0.25) is 16.5 Å². The first-order valence-electron chi connectivity index (χ1n) is 4.65. The Morgan fingerprint density at radius 1 is 1.12 bits per heavy atom. The van der Waals surface area contributed by atoms with Crippen molar-refractivity contribution in [3.63, 3.8) is 0 Å². The minimum Gasteiger partial charge on any atom is -0.497 e. The van der Waals surface area contributed by atoms with Gasteiger partial charge in [0.1, 0.15) is 5.75 Å². The number of nitrogens with zero attached hydrogens (tertiary/aromatic N) is 3. The molecule has 2 rings (SSSR count). The number of hydrogen-bond donors (Lipinski definition) is 1. The predicted octanol–water partition coefficient (Wildman–Crippen LogP) is 2.93. The normalized spacial score (nSPS) is 10.1. The second-order valence-electron chi connectivity index (χ2n) is 3.05. The molecular formula is C10H8Cl2N4O. The summed E-state index contributed by atoms with van der Waals surface area (Å²) in [5.74, 6) is 1.00. The summed E-state index contributed by atoms with van der Waals surface area (Å²) in [4.78, 5) is 11.4. The lowest BCUT2D eigenvalue weighted by atomic mass is 10.3. The van der Waals surface area contributed by atoms with Crippen LogP contribution in [0.2, 0.25) is 10.6 Å². The smallest absolute Gasteiger partial charge is 0.232 e. The number of aromatic nitrogens is 3. The van der Waals surface area contributed by atoms with Crippen LogP contribution in [0.25, 0.3) is 0 Å². The van der Waals surface area contributed by atoms with Gasteiger partial charge in [-0.3, -0.25) is 0 Å². The second-order valence-corrected chi connectivity index (χ2v) is 3.73. The van der Waals surface area contributed by atoms with Crippen LogP contribution in [0.1, 0.15) is 0 Å². The van der Waals surface area contributed by atoms with Crippen LogP contribution >= 0.6 is 23.2 Å². The Hall–Kier alpha value is -1.59. The molecule has 0 atom stereocenters. The molecule has 1 aromatic heterocycles. The maximum atomic E-state index is 5.66. The Morgan fingerprint density at radius 3 is 2.47 bits per heavy atom. The van der Waals surface area contributed by atoms with Crippen LogP contribution in [0.5, 0.6) is 5.75 Å². The topological polar surface area (TPSA) is 59.9 Å². The molecule has 2 aromatic rings. The third-order valence-electron chi connectivity index (χ3n) is 1.91. The molecule has 0 bridgehead atoms. The maximum Gasteiger partial charge on any atom is 0.232 e. The molecule has 0 amide bonds. The highest BCUT2D eigenvalue weighted by atomic mass is 35.5. The summed E-state index contributed by atoms with van der Waals surface area (Å²) in [7, 11) is 1.59.